The Kier molecular flexibility index (Phi) is 4.85. The largest absolute Gasteiger partial charge is 0.507 e. The van der Waals surface area contributed by atoms with E-state index in [1.54, 1.807) is 48.8 Å². The highest BCUT2D eigenvalue weighted by molar-refractivity contribution is 5.74. The smallest absolute Gasteiger partial charge is 0.168 e. The van der Waals surface area contributed by atoms with Gasteiger partial charge in [-0.25, -0.2) is 4.98 Å². The second kappa shape index (κ2) is 7.40. The van der Waals surface area contributed by atoms with Crippen LogP contribution in [0.4, 0.5) is 0 Å². The molecule has 0 aliphatic heterocycles. The van der Waals surface area contributed by atoms with Crippen LogP contribution in [0.25, 0.3) is 17.3 Å². The van der Waals surface area contributed by atoms with Crippen LogP contribution in [0.1, 0.15) is 21.6 Å². The molecule has 0 saturated heterocycles. The third kappa shape index (κ3) is 3.55. The van der Waals surface area contributed by atoms with Gasteiger partial charge in [0.15, 0.2) is 6.29 Å². The van der Waals surface area contributed by atoms with E-state index in [9.17, 15) is 9.90 Å². The molecule has 5 nitrogen and oxygen atoms in total. The van der Waals surface area contributed by atoms with Gasteiger partial charge >= 0.3 is 0 Å². The van der Waals surface area contributed by atoms with Crippen molar-refractivity contribution in [1.82, 2.24) is 9.97 Å². The summed E-state index contributed by atoms with van der Waals surface area (Å²) in [5.74, 6) is 0.638. The van der Waals surface area contributed by atoms with E-state index >= 15 is 0 Å². The van der Waals surface area contributed by atoms with Gasteiger partial charge in [0.2, 0.25) is 0 Å². The second-order valence-electron chi connectivity index (χ2n) is 5.28. The van der Waals surface area contributed by atoms with Gasteiger partial charge in [0.05, 0.1) is 11.3 Å². The standard InChI is InChI=1S/C20H16N2O3/c1-2-16-19(24)7-4-8-20(16)25-13-14-11-21-10-9-17(14)18-6-3-5-15(12-23)22-18/h2-12,24H,1,13H2. The Bertz CT molecular complexity index is 922. The number of aromatic nitrogens is 2. The summed E-state index contributed by atoms with van der Waals surface area (Å²) < 4.78 is 5.85. The van der Waals surface area contributed by atoms with Gasteiger partial charge in [0.25, 0.3) is 0 Å². The molecule has 0 radical (unpaired) electrons. The lowest BCUT2D eigenvalue weighted by Gasteiger charge is -2.13. The number of ether oxygens (including phenoxy) is 1. The summed E-state index contributed by atoms with van der Waals surface area (Å²) in [6, 6.07) is 12.1. The van der Waals surface area contributed by atoms with E-state index in [-0.39, 0.29) is 12.4 Å². The van der Waals surface area contributed by atoms with Crippen LogP contribution in [0.3, 0.4) is 0 Å². The minimum Gasteiger partial charge on any atom is -0.507 e. The van der Waals surface area contributed by atoms with Crippen LogP contribution in [-0.2, 0) is 6.61 Å². The summed E-state index contributed by atoms with van der Waals surface area (Å²) in [7, 11) is 0. The molecule has 0 aliphatic carbocycles. The molecule has 0 fully saturated rings. The SMILES string of the molecule is C=Cc1c(O)cccc1OCc1cnccc1-c1cccc(C=O)n1. The summed E-state index contributed by atoms with van der Waals surface area (Å²) in [5.41, 5.74) is 3.22. The number of phenols is 1. The summed E-state index contributed by atoms with van der Waals surface area (Å²) in [6.45, 7) is 3.93. The number of aldehydes is 1. The van der Waals surface area contributed by atoms with Crippen molar-refractivity contribution in [3.8, 4) is 22.8 Å². The maximum absolute atomic E-state index is 11.0. The molecular formula is C20H16N2O3. The molecule has 1 N–H and O–H groups in total. The van der Waals surface area contributed by atoms with Crippen LogP contribution in [0.2, 0.25) is 0 Å². The van der Waals surface area contributed by atoms with Crippen LogP contribution in [0.5, 0.6) is 11.5 Å². The zero-order valence-corrected chi connectivity index (χ0v) is 13.4. The van der Waals surface area contributed by atoms with Crippen molar-refractivity contribution in [2.45, 2.75) is 6.61 Å². The van der Waals surface area contributed by atoms with E-state index in [0.29, 0.717) is 29.0 Å². The monoisotopic (exact) mass is 332 g/mol. The Labute approximate surface area is 145 Å². The highest BCUT2D eigenvalue weighted by Crippen LogP contribution is 2.30. The van der Waals surface area contributed by atoms with Gasteiger partial charge in [0.1, 0.15) is 23.8 Å². The average Bonchev–Trinajstić information content (AvgIpc) is 2.66. The fourth-order valence-electron chi connectivity index (χ4n) is 2.48. The topological polar surface area (TPSA) is 72.3 Å². The fraction of sp³-hybridized carbons (Fsp3) is 0.0500. The first kappa shape index (κ1) is 16.4. The summed E-state index contributed by atoms with van der Waals surface area (Å²) >= 11 is 0. The summed E-state index contributed by atoms with van der Waals surface area (Å²) in [6.07, 6.45) is 5.62. The molecule has 0 unspecified atom stereocenters. The molecule has 124 valence electrons. The highest BCUT2D eigenvalue weighted by atomic mass is 16.5. The Morgan fingerprint density at radius 3 is 2.80 bits per heavy atom. The normalized spacial score (nSPS) is 10.2. The van der Waals surface area contributed by atoms with Crippen molar-refractivity contribution in [3.05, 3.63) is 78.3 Å². The van der Waals surface area contributed by atoms with Gasteiger partial charge in [-0.15, -0.1) is 0 Å². The third-order valence-corrected chi connectivity index (χ3v) is 3.70. The maximum Gasteiger partial charge on any atom is 0.168 e. The number of pyridine rings is 2. The van der Waals surface area contributed by atoms with Gasteiger partial charge in [-0.1, -0.05) is 24.8 Å². The molecule has 2 heterocycles. The van der Waals surface area contributed by atoms with Crippen LogP contribution in [-0.4, -0.2) is 21.4 Å². The van der Waals surface area contributed by atoms with Gasteiger partial charge < -0.3 is 9.84 Å². The molecule has 5 heteroatoms. The molecule has 0 bridgehead atoms. The van der Waals surface area contributed by atoms with E-state index in [0.717, 1.165) is 11.1 Å². The van der Waals surface area contributed by atoms with Crippen molar-refractivity contribution in [2.75, 3.05) is 0 Å². The molecule has 1 aromatic carbocycles. The predicted octanol–water partition coefficient (Wildman–Crippen LogP) is 3.88. The quantitative estimate of drug-likeness (QED) is 0.694. The second-order valence-corrected chi connectivity index (χ2v) is 5.28. The number of nitrogens with zero attached hydrogens (tertiary/aromatic N) is 2. The number of phenolic OH excluding ortho intramolecular Hbond substituents is 1. The number of hydrogen-bond donors (Lipinski definition) is 1. The Morgan fingerprint density at radius 2 is 2.00 bits per heavy atom. The van der Waals surface area contributed by atoms with Crippen molar-refractivity contribution >= 4 is 12.4 Å². The van der Waals surface area contributed by atoms with Gasteiger partial charge in [-0.2, -0.15) is 0 Å². The summed E-state index contributed by atoms with van der Waals surface area (Å²) in [5, 5.41) is 9.87. The predicted molar refractivity (Wildman–Crippen MR) is 95.4 cm³/mol. The molecule has 0 spiro atoms. The van der Waals surface area contributed by atoms with Crippen LogP contribution >= 0.6 is 0 Å². The number of hydrogen-bond acceptors (Lipinski definition) is 5. The van der Waals surface area contributed by atoms with Crippen molar-refractivity contribution in [2.24, 2.45) is 0 Å². The maximum atomic E-state index is 11.0. The number of benzene rings is 1. The van der Waals surface area contributed by atoms with Gasteiger partial charge in [0, 0.05) is 23.5 Å². The van der Waals surface area contributed by atoms with E-state index in [1.165, 1.54) is 0 Å². The van der Waals surface area contributed by atoms with Crippen molar-refractivity contribution in [3.63, 3.8) is 0 Å². The first-order valence-corrected chi connectivity index (χ1v) is 7.65. The Balaban J connectivity index is 1.91. The molecule has 0 atom stereocenters. The van der Waals surface area contributed by atoms with Gasteiger partial charge in [-0.05, 0) is 30.3 Å². The first-order valence-electron chi connectivity index (χ1n) is 7.65. The number of carbonyl (C=O) groups excluding carboxylic acids is 1. The van der Waals surface area contributed by atoms with Crippen LogP contribution < -0.4 is 4.74 Å². The van der Waals surface area contributed by atoms with Crippen LogP contribution in [0.15, 0.2) is 61.4 Å². The lowest BCUT2D eigenvalue weighted by atomic mass is 10.1. The van der Waals surface area contributed by atoms with E-state index in [2.05, 4.69) is 16.5 Å². The number of aromatic hydroxyl groups is 1. The molecule has 0 amide bonds. The van der Waals surface area contributed by atoms with Crippen LogP contribution in [0, 0.1) is 0 Å². The lowest BCUT2D eigenvalue weighted by molar-refractivity contribution is 0.111. The number of carbonyl (C=O) groups is 1. The minimum absolute atomic E-state index is 0.110. The zero-order chi connectivity index (χ0) is 17.6. The minimum atomic E-state index is 0.110. The number of rotatable bonds is 6. The molecular weight excluding hydrogens is 316 g/mol. The average molecular weight is 332 g/mol. The van der Waals surface area contributed by atoms with E-state index in [1.807, 2.05) is 12.1 Å². The van der Waals surface area contributed by atoms with Crippen molar-refractivity contribution < 1.29 is 14.6 Å². The third-order valence-electron chi connectivity index (χ3n) is 3.70. The Morgan fingerprint density at radius 1 is 1.16 bits per heavy atom. The molecule has 3 rings (SSSR count). The Hall–Kier alpha value is -3.47. The molecule has 3 aromatic rings. The summed E-state index contributed by atoms with van der Waals surface area (Å²) in [4.78, 5) is 19.4. The fourth-order valence-corrected chi connectivity index (χ4v) is 2.48. The molecule has 0 aliphatic rings. The molecule has 25 heavy (non-hydrogen) atoms. The highest BCUT2D eigenvalue weighted by Gasteiger charge is 2.10. The first-order chi connectivity index (χ1) is 12.2. The zero-order valence-electron chi connectivity index (χ0n) is 13.4. The van der Waals surface area contributed by atoms with Gasteiger partial charge in [-0.3, -0.25) is 9.78 Å². The lowest BCUT2D eigenvalue weighted by Crippen LogP contribution is -2.01. The molecule has 2 aromatic heterocycles. The van der Waals surface area contributed by atoms with Crippen molar-refractivity contribution in [1.29, 1.82) is 0 Å². The van der Waals surface area contributed by atoms with E-state index < -0.39 is 0 Å². The van der Waals surface area contributed by atoms with E-state index in [4.69, 9.17) is 4.74 Å². The molecule has 0 saturated carbocycles.